The fourth-order valence-corrected chi connectivity index (χ4v) is 3.10. The Hall–Kier alpha value is -1.85. The van der Waals surface area contributed by atoms with Gasteiger partial charge in [0.1, 0.15) is 0 Å². The van der Waals surface area contributed by atoms with Crippen LogP contribution in [0.1, 0.15) is 17.7 Å². The van der Waals surface area contributed by atoms with E-state index >= 15 is 0 Å². The van der Waals surface area contributed by atoms with Gasteiger partial charge < -0.3 is 10.1 Å². The Morgan fingerprint density at radius 1 is 1.30 bits per heavy atom. The van der Waals surface area contributed by atoms with Crippen LogP contribution < -0.4 is 5.32 Å². The van der Waals surface area contributed by atoms with Gasteiger partial charge in [-0.05, 0) is 25.1 Å². The van der Waals surface area contributed by atoms with Crippen LogP contribution in [0.4, 0.5) is 0 Å². The van der Waals surface area contributed by atoms with Crippen LogP contribution in [0.3, 0.4) is 0 Å². The molecule has 0 saturated carbocycles. The van der Waals surface area contributed by atoms with Gasteiger partial charge in [-0.15, -0.1) is 0 Å². The predicted molar refractivity (Wildman–Crippen MR) is 74.1 cm³/mol. The van der Waals surface area contributed by atoms with Gasteiger partial charge in [0.25, 0.3) is 0 Å². The lowest BCUT2D eigenvalue weighted by atomic mass is 9.80. The van der Waals surface area contributed by atoms with E-state index in [1.54, 1.807) is 12.4 Å². The van der Waals surface area contributed by atoms with Crippen molar-refractivity contribution < 1.29 is 4.74 Å². The molecule has 2 aliphatic heterocycles. The number of pyridine rings is 1. The first-order chi connectivity index (χ1) is 9.87. The third-order valence-corrected chi connectivity index (χ3v) is 4.17. The molecule has 1 fully saturated rings. The number of rotatable bonds is 1. The van der Waals surface area contributed by atoms with Crippen LogP contribution in [0.25, 0.3) is 11.4 Å². The van der Waals surface area contributed by atoms with Gasteiger partial charge in [-0.2, -0.15) is 0 Å². The summed E-state index contributed by atoms with van der Waals surface area (Å²) in [5.74, 6) is 0.755. The Labute approximate surface area is 117 Å². The molecule has 2 aliphatic rings. The minimum absolute atomic E-state index is 0.0213. The summed E-state index contributed by atoms with van der Waals surface area (Å²) in [5.41, 5.74) is 3.26. The standard InChI is InChI=1S/C15H16N4O/c1-2-11(6-16-4-1)14-18-7-12-8-20-10-15(13(12)19-14)3-5-17-9-15/h1-2,4,6-7,17H,3,5,8-10H2. The topological polar surface area (TPSA) is 59.9 Å². The van der Waals surface area contributed by atoms with Crippen LogP contribution in [-0.4, -0.2) is 34.6 Å². The van der Waals surface area contributed by atoms with Crippen molar-refractivity contribution in [3.05, 3.63) is 42.0 Å². The van der Waals surface area contributed by atoms with E-state index in [2.05, 4.69) is 15.3 Å². The van der Waals surface area contributed by atoms with E-state index in [0.717, 1.165) is 48.8 Å². The maximum absolute atomic E-state index is 5.75. The summed E-state index contributed by atoms with van der Waals surface area (Å²) in [7, 11) is 0. The fraction of sp³-hybridized carbons (Fsp3) is 0.400. The molecule has 0 aromatic carbocycles. The summed E-state index contributed by atoms with van der Waals surface area (Å²) in [6, 6.07) is 3.90. The normalized spacial score (nSPS) is 24.8. The number of nitrogens with one attached hydrogen (secondary N) is 1. The lowest BCUT2D eigenvalue weighted by Gasteiger charge is -2.33. The molecule has 0 radical (unpaired) electrons. The van der Waals surface area contributed by atoms with Crippen molar-refractivity contribution >= 4 is 0 Å². The van der Waals surface area contributed by atoms with E-state index in [1.807, 2.05) is 18.3 Å². The predicted octanol–water partition coefficient (Wildman–Crippen LogP) is 1.30. The van der Waals surface area contributed by atoms with Crippen LogP contribution >= 0.6 is 0 Å². The molecule has 5 nitrogen and oxygen atoms in total. The maximum atomic E-state index is 5.75. The summed E-state index contributed by atoms with van der Waals surface area (Å²) in [6.45, 7) is 3.32. The monoisotopic (exact) mass is 268 g/mol. The molecule has 2 aromatic rings. The second-order valence-corrected chi connectivity index (χ2v) is 5.51. The minimum Gasteiger partial charge on any atom is -0.376 e. The first-order valence-corrected chi connectivity index (χ1v) is 6.93. The zero-order valence-corrected chi connectivity index (χ0v) is 11.2. The van der Waals surface area contributed by atoms with Gasteiger partial charge in [0, 0.05) is 36.3 Å². The Kier molecular flexibility index (Phi) is 2.75. The van der Waals surface area contributed by atoms with Gasteiger partial charge in [-0.25, -0.2) is 9.97 Å². The van der Waals surface area contributed by atoms with Crippen molar-refractivity contribution in [3.8, 4) is 11.4 Å². The summed E-state index contributed by atoms with van der Waals surface area (Å²) in [4.78, 5) is 13.5. The molecule has 1 N–H and O–H groups in total. The Bertz CT molecular complexity index is 623. The molecular formula is C15H16N4O. The second kappa shape index (κ2) is 4.61. The van der Waals surface area contributed by atoms with E-state index < -0.39 is 0 Å². The summed E-state index contributed by atoms with van der Waals surface area (Å²) >= 11 is 0. The second-order valence-electron chi connectivity index (χ2n) is 5.51. The van der Waals surface area contributed by atoms with E-state index in [4.69, 9.17) is 9.72 Å². The third kappa shape index (κ3) is 1.82. The molecule has 20 heavy (non-hydrogen) atoms. The van der Waals surface area contributed by atoms with Crippen LogP contribution in [0, 0.1) is 0 Å². The fourth-order valence-electron chi connectivity index (χ4n) is 3.10. The average Bonchev–Trinajstić information content (AvgIpc) is 2.98. The highest BCUT2D eigenvalue weighted by Gasteiger charge is 2.41. The van der Waals surface area contributed by atoms with Crippen molar-refractivity contribution in [2.75, 3.05) is 19.7 Å². The smallest absolute Gasteiger partial charge is 0.160 e. The number of fused-ring (bicyclic) bond motifs is 2. The van der Waals surface area contributed by atoms with Crippen molar-refractivity contribution in [1.29, 1.82) is 0 Å². The largest absolute Gasteiger partial charge is 0.376 e. The molecule has 0 bridgehead atoms. The molecule has 0 aliphatic carbocycles. The average molecular weight is 268 g/mol. The van der Waals surface area contributed by atoms with Crippen LogP contribution in [0.2, 0.25) is 0 Å². The van der Waals surface area contributed by atoms with Crippen LogP contribution in [-0.2, 0) is 16.8 Å². The lowest BCUT2D eigenvalue weighted by Crippen LogP contribution is -2.39. The zero-order valence-electron chi connectivity index (χ0n) is 11.2. The Balaban J connectivity index is 1.83. The maximum Gasteiger partial charge on any atom is 0.160 e. The molecule has 1 unspecified atom stereocenters. The van der Waals surface area contributed by atoms with Gasteiger partial charge in [-0.1, -0.05) is 0 Å². The summed E-state index contributed by atoms with van der Waals surface area (Å²) in [6.07, 6.45) is 6.55. The molecule has 1 spiro atoms. The molecule has 0 amide bonds. The van der Waals surface area contributed by atoms with Crippen molar-refractivity contribution in [3.63, 3.8) is 0 Å². The van der Waals surface area contributed by atoms with Gasteiger partial charge >= 0.3 is 0 Å². The molecule has 4 rings (SSSR count). The minimum atomic E-state index is 0.0213. The lowest BCUT2D eigenvalue weighted by molar-refractivity contribution is 0.0551. The van der Waals surface area contributed by atoms with E-state index in [1.165, 1.54) is 0 Å². The first kappa shape index (κ1) is 11.9. The third-order valence-electron chi connectivity index (χ3n) is 4.17. The molecule has 5 heteroatoms. The van der Waals surface area contributed by atoms with Crippen molar-refractivity contribution in [2.45, 2.75) is 18.4 Å². The number of nitrogens with zero attached hydrogens (tertiary/aromatic N) is 3. The highest BCUT2D eigenvalue weighted by atomic mass is 16.5. The summed E-state index contributed by atoms with van der Waals surface area (Å²) in [5, 5.41) is 3.43. The highest BCUT2D eigenvalue weighted by Crippen LogP contribution is 2.36. The summed E-state index contributed by atoms with van der Waals surface area (Å²) < 4.78 is 5.75. The molecule has 102 valence electrons. The van der Waals surface area contributed by atoms with Gasteiger partial charge in [-0.3, -0.25) is 4.98 Å². The first-order valence-electron chi connectivity index (χ1n) is 6.93. The quantitative estimate of drug-likeness (QED) is 0.844. The van der Waals surface area contributed by atoms with E-state index in [-0.39, 0.29) is 5.41 Å². The number of hydrogen-bond donors (Lipinski definition) is 1. The number of ether oxygens (including phenoxy) is 1. The van der Waals surface area contributed by atoms with E-state index in [9.17, 15) is 0 Å². The Morgan fingerprint density at radius 3 is 3.10 bits per heavy atom. The van der Waals surface area contributed by atoms with Gasteiger partial charge in [0.15, 0.2) is 5.82 Å². The Morgan fingerprint density at radius 2 is 2.30 bits per heavy atom. The van der Waals surface area contributed by atoms with Crippen LogP contribution in [0.5, 0.6) is 0 Å². The van der Waals surface area contributed by atoms with Crippen molar-refractivity contribution in [2.24, 2.45) is 0 Å². The molecular weight excluding hydrogens is 252 g/mol. The molecule has 1 atom stereocenters. The van der Waals surface area contributed by atoms with E-state index in [0.29, 0.717) is 6.61 Å². The number of hydrogen-bond acceptors (Lipinski definition) is 5. The zero-order chi connectivity index (χ0) is 13.4. The molecule has 1 saturated heterocycles. The highest BCUT2D eigenvalue weighted by molar-refractivity contribution is 5.54. The number of aromatic nitrogens is 3. The SMILES string of the molecule is c1cncc(-c2ncc3c(n2)C2(CCNC2)COC3)c1. The van der Waals surface area contributed by atoms with Crippen LogP contribution in [0.15, 0.2) is 30.7 Å². The van der Waals surface area contributed by atoms with Gasteiger partial charge in [0.05, 0.1) is 24.3 Å². The van der Waals surface area contributed by atoms with Crippen molar-refractivity contribution in [1.82, 2.24) is 20.3 Å². The van der Waals surface area contributed by atoms with Gasteiger partial charge in [0.2, 0.25) is 0 Å². The molecule has 2 aromatic heterocycles. The molecule has 4 heterocycles.